The number of aromatic nitrogens is 1. The molecular formula is C21H27N3OS. The van der Waals surface area contributed by atoms with Crippen molar-refractivity contribution in [2.45, 2.75) is 69.9 Å². The van der Waals surface area contributed by atoms with Gasteiger partial charge in [-0.3, -0.25) is 9.69 Å². The summed E-state index contributed by atoms with van der Waals surface area (Å²) in [5.41, 5.74) is 2.14. The Kier molecular flexibility index (Phi) is 4.24. The molecule has 5 rings (SSSR count). The van der Waals surface area contributed by atoms with E-state index in [-0.39, 0.29) is 5.91 Å². The van der Waals surface area contributed by atoms with E-state index in [9.17, 15) is 4.79 Å². The predicted octanol–water partition coefficient (Wildman–Crippen LogP) is 4.54. The van der Waals surface area contributed by atoms with E-state index in [0.29, 0.717) is 12.3 Å². The lowest BCUT2D eigenvalue weighted by Gasteiger charge is -2.47. The fraction of sp³-hybridized carbons (Fsp3) is 0.619. The Morgan fingerprint density at radius 2 is 2.04 bits per heavy atom. The maximum absolute atomic E-state index is 12.0. The van der Waals surface area contributed by atoms with Gasteiger partial charge in [0.25, 0.3) is 0 Å². The third kappa shape index (κ3) is 2.85. The van der Waals surface area contributed by atoms with E-state index < -0.39 is 0 Å². The minimum atomic E-state index is 0.256. The lowest BCUT2D eigenvalue weighted by Crippen LogP contribution is -2.50. The highest BCUT2D eigenvalue weighted by molar-refractivity contribution is 7.18. The molecule has 4 nitrogen and oxygen atoms in total. The number of fused-ring (bicyclic) bond motifs is 1. The molecule has 1 aliphatic carbocycles. The summed E-state index contributed by atoms with van der Waals surface area (Å²) in [6.07, 6.45) is 8.31. The molecule has 0 unspecified atom stereocenters. The normalized spacial score (nSPS) is 30.1. The minimum absolute atomic E-state index is 0.256. The summed E-state index contributed by atoms with van der Waals surface area (Å²) in [5, 5.41) is 1.30. The summed E-state index contributed by atoms with van der Waals surface area (Å²) in [5.74, 6) is 0.884. The van der Waals surface area contributed by atoms with Crippen LogP contribution in [0.5, 0.6) is 0 Å². The van der Waals surface area contributed by atoms with Gasteiger partial charge in [0.15, 0.2) is 0 Å². The average Bonchev–Trinajstić information content (AvgIpc) is 3.20. The molecule has 2 saturated heterocycles. The number of benzene rings is 1. The zero-order valence-corrected chi connectivity index (χ0v) is 16.3. The summed E-state index contributed by atoms with van der Waals surface area (Å²) in [6, 6.07) is 7.85. The number of hydrogen-bond acceptors (Lipinski definition) is 4. The van der Waals surface area contributed by atoms with E-state index in [2.05, 4.69) is 30.0 Å². The number of piperidine rings is 1. The molecule has 1 amide bonds. The molecule has 5 heteroatoms. The van der Waals surface area contributed by atoms with Crippen molar-refractivity contribution < 1.29 is 4.79 Å². The van der Waals surface area contributed by atoms with Crippen LogP contribution in [0, 0.1) is 0 Å². The van der Waals surface area contributed by atoms with Gasteiger partial charge < -0.3 is 4.90 Å². The third-order valence-electron chi connectivity index (χ3n) is 6.56. The van der Waals surface area contributed by atoms with Gasteiger partial charge in [0, 0.05) is 36.7 Å². The summed E-state index contributed by atoms with van der Waals surface area (Å²) < 4.78 is 1.23. The molecule has 1 aromatic carbocycles. The molecule has 3 heterocycles. The molecule has 2 aliphatic heterocycles. The van der Waals surface area contributed by atoms with Crippen molar-refractivity contribution in [2.24, 2.45) is 0 Å². The van der Waals surface area contributed by atoms with E-state index in [0.717, 1.165) is 36.3 Å². The van der Waals surface area contributed by atoms with Crippen LogP contribution in [-0.4, -0.2) is 41.0 Å². The number of rotatable bonds is 3. The van der Waals surface area contributed by atoms with E-state index in [1.165, 1.54) is 48.4 Å². The molecule has 0 N–H and O–H groups in total. The van der Waals surface area contributed by atoms with Gasteiger partial charge in [-0.2, -0.15) is 0 Å². The first-order valence-corrected chi connectivity index (χ1v) is 11.0. The van der Waals surface area contributed by atoms with E-state index in [4.69, 9.17) is 4.98 Å². The Bertz CT molecular complexity index is 826. The Hall–Kier alpha value is -1.46. The quantitative estimate of drug-likeness (QED) is 0.797. The standard InChI is InChI=1S/C21H27N3OS/c1-14-5-2-3-9-23(14)17-11-15(12-17)21-22-18-8-7-16(13-19(18)26-21)24-10-4-6-20(24)25/h7-8,13-15,17H,2-6,9-12H2,1H3/t14-,15-,17-/m0/s1. The van der Waals surface area contributed by atoms with E-state index in [1.54, 1.807) is 0 Å². The predicted molar refractivity (Wildman–Crippen MR) is 107 cm³/mol. The summed E-state index contributed by atoms with van der Waals surface area (Å²) in [4.78, 5) is 21.6. The summed E-state index contributed by atoms with van der Waals surface area (Å²) in [6.45, 7) is 4.53. The minimum Gasteiger partial charge on any atom is -0.312 e. The van der Waals surface area contributed by atoms with Crippen LogP contribution in [0.15, 0.2) is 18.2 Å². The number of amides is 1. The number of anilines is 1. The third-order valence-corrected chi connectivity index (χ3v) is 7.74. The van der Waals surface area contributed by atoms with Crippen LogP contribution in [-0.2, 0) is 4.79 Å². The molecule has 1 aromatic heterocycles. The van der Waals surface area contributed by atoms with Crippen LogP contribution >= 0.6 is 11.3 Å². The van der Waals surface area contributed by atoms with Crippen LogP contribution in [0.25, 0.3) is 10.2 Å². The van der Waals surface area contributed by atoms with Crippen molar-refractivity contribution in [1.82, 2.24) is 9.88 Å². The zero-order valence-electron chi connectivity index (χ0n) is 15.5. The van der Waals surface area contributed by atoms with Gasteiger partial charge in [0.05, 0.1) is 15.2 Å². The van der Waals surface area contributed by atoms with Gasteiger partial charge in [-0.05, 0) is 63.8 Å². The average molecular weight is 370 g/mol. The summed E-state index contributed by atoms with van der Waals surface area (Å²) in [7, 11) is 0. The fourth-order valence-electron chi connectivity index (χ4n) is 4.92. The van der Waals surface area contributed by atoms with Crippen molar-refractivity contribution in [3.05, 3.63) is 23.2 Å². The van der Waals surface area contributed by atoms with E-state index >= 15 is 0 Å². The van der Waals surface area contributed by atoms with Crippen LogP contribution in [0.2, 0.25) is 0 Å². The van der Waals surface area contributed by atoms with Gasteiger partial charge in [-0.1, -0.05) is 6.42 Å². The highest BCUT2D eigenvalue weighted by atomic mass is 32.1. The van der Waals surface area contributed by atoms with Crippen LogP contribution in [0.3, 0.4) is 0 Å². The van der Waals surface area contributed by atoms with E-state index in [1.807, 2.05) is 16.2 Å². The second kappa shape index (κ2) is 6.61. The van der Waals surface area contributed by atoms with Crippen LogP contribution < -0.4 is 4.90 Å². The molecule has 0 bridgehead atoms. The largest absolute Gasteiger partial charge is 0.312 e. The molecular weight excluding hydrogens is 342 g/mol. The fourth-order valence-corrected chi connectivity index (χ4v) is 6.04. The SMILES string of the molecule is C[C@H]1CCCCN1[C@H]1C[C@H](c2nc3ccc(N4CCCC4=O)cc3s2)C1. The van der Waals surface area contributed by atoms with Crippen molar-refractivity contribution >= 4 is 33.1 Å². The number of thiazole rings is 1. The zero-order chi connectivity index (χ0) is 17.7. The first-order valence-electron chi connectivity index (χ1n) is 10.2. The molecule has 0 radical (unpaired) electrons. The highest BCUT2D eigenvalue weighted by Gasteiger charge is 2.38. The number of nitrogens with zero attached hydrogens (tertiary/aromatic N) is 3. The molecule has 0 spiro atoms. The van der Waals surface area contributed by atoms with Crippen molar-refractivity contribution in [1.29, 1.82) is 0 Å². The second-order valence-corrected chi connectivity index (χ2v) is 9.32. The molecule has 26 heavy (non-hydrogen) atoms. The smallest absolute Gasteiger partial charge is 0.227 e. The Labute approximate surface area is 159 Å². The topological polar surface area (TPSA) is 36.4 Å². The lowest BCUT2D eigenvalue weighted by molar-refractivity contribution is -0.117. The molecule has 1 atom stereocenters. The second-order valence-electron chi connectivity index (χ2n) is 8.26. The Morgan fingerprint density at radius 3 is 2.81 bits per heavy atom. The number of likely N-dealkylation sites (tertiary alicyclic amines) is 1. The van der Waals surface area contributed by atoms with Gasteiger partial charge in [0.2, 0.25) is 5.91 Å². The van der Waals surface area contributed by atoms with Gasteiger partial charge in [-0.25, -0.2) is 4.98 Å². The monoisotopic (exact) mass is 369 g/mol. The van der Waals surface area contributed by atoms with Crippen molar-refractivity contribution in [2.75, 3.05) is 18.0 Å². The van der Waals surface area contributed by atoms with Gasteiger partial charge in [-0.15, -0.1) is 11.3 Å². The number of carbonyl (C=O) groups is 1. The first kappa shape index (κ1) is 16.7. The van der Waals surface area contributed by atoms with Gasteiger partial charge >= 0.3 is 0 Å². The Morgan fingerprint density at radius 1 is 1.15 bits per heavy atom. The lowest BCUT2D eigenvalue weighted by atomic mass is 9.78. The molecule has 3 aliphatic rings. The highest BCUT2D eigenvalue weighted by Crippen LogP contribution is 2.44. The first-order chi connectivity index (χ1) is 12.7. The maximum atomic E-state index is 12.0. The van der Waals surface area contributed by atoms with Crippen molar-refractivity contribution in [3.63, 3.8) is 0 Å². The van der Waals surface area contributed by atoms with Crippen molar-refractivity contribution in [3.8, 4) is 0 Å². The molecule has 2 aromatic rings. The molecule has 1 saturated carbocycles. The van der Waals surface area contributed by atoms with Gasteiger partial charge in [0.1, 0.15) is 0 Å². The molecule has 3 fully saturated rings. The number of hydrogen-bond donors (Lipinski definition) is 0. The summed E-state index contributed by atoms with van der Waals surface area (Å²) >= 11 is 1.84. The molecule has 138 valence electrons. The van der Waals surface area contributed by atoms with Crippen LogP contribution in [0.1, 0.15) is 62.8 Å². The van der Waals surface area contributed by atoms with Crippen LogP contribution in [0.4, 0.5) is 5.69 Å². The number of carbonyl (C=O) groups excluding carboxylic acids is 1. The Balaban J connectivity index is 1.30. The maximum Gasteiger partial charge on any atom is 0.227 e.